The van der Waals surface area contributed by atoms with E-state index in [1.165, 1.54) is 0 Å². The number of benzene rings is 1. The van der Waals surface area contributed by atoms with Crippen molar-refractivity contribution in [2.24, 2.45) is 0 Å². The first-order valence-corrected chi connectivity index (χ1v) is 4.02. The maximum atomic E-state index is 5.44. The van der Waals surface area contributed by atoms with Gasteiger partial charge in [-0.1, -0.05) is 0 Å². The molecule has 0 amide bonds. The zero-order valence-electron chi connectivity index (χ0n) is 8.66. The van der Waals surface area contributed by atoms with Crippen molar-refractivity contribution in [1.29, 1.82) is 0 Å². The maximum absolute atomic E-state index is 5.44. The largest absolute Gasteiger partial charge is 2.00 e. The Labute approximate surface area is 113 Å². The van der Waals surface area contributed by atoms with Crippen LogP contribution < -0.4 is 21.7 Å². The molecule has 0 radical (unpaired) electrons. The molecule has 0 aliphatic rings. The predicted octanol–water partition coefficient (Wildman–Crippen LogP) is -1.95. The van der Waals surface area contributed by atoms with Crippen LogP contribution >= 0.6 is 0 Å². The summed E-state index contributed by atoms with van der Waals surface area (Å²) in [6, 6.07) is 10.5. The van der Waals surface area contributed by atoms with Crippen LogP contribution in [0.4, 0.5) is 0 Å². The molecule has 1 aromatic rings. The smallest absolute Gasteiger partial charge is 1.00 e. The summed E-state index contributed by atoms with van der Waals surface area (Å²) < 4.78 is 5.44. The molecule has 4 heteroatoms. The van der Waals surface area contributed by atoms with Crippen LogP contribution in [0.5, 0.6) is 5.75 Å². The Morgan fingerprint density at radius 1 is 1.43 bits per heavy atom. The first-order chi connectivity index (χ1) is 5.79. The number of nitrogens with zero attached hydrogens (tertiary/aromatic N) is 1. The Bertz CT molecular complexity index is 219. The van der Waals surface area contributed by atoms with E-state index in [1.807, 2.05) is 38.4 Å². The minimum Gasteiger partial charge on any atom is -1.00 e. The van der Waals surface area contributed by atoms with Gasteiger partial charge in [0.15, 0.2) is 0 Å². The molecule has 0 saturated heterocycles. The van der Waals surface area contributed by atoms with E-state index in [4.69, 9.17) is 4.74 Å². The van der Waals surface area contributed by atoms with Gasteiger partial charge in [-0.3, -0.25) is 0 Å². The van der Waals surface area contributed by atoms with Crippen molar-refractivity contribution in [3.63, 3.8) is 0 Å². The van der Waals surface area contributed by atoms with Gasteiger partial charge in [0.1, 0.15) is 0 Å². The van der Waals surface area contributed by atoms with Crippen LogP contribution in [0.25, 0.3) is 0 Å². The SMILES string of the molecule is CN(C)CCOc1c[c-]ccc1.[Br-].[Mg+2]. The zero-order valence-corrected chi connectivity index (χ0v) is 11.7. The molecule has 0 bridgehead atoms. The fourth-order valence-corrected chi connectivity index (χ4v) is 0.813. The molecule has 0 unspecified atom stereocenters. The molecule has 0 aliphatic heterocycles. The van der Waals surface area contributed by atoms with Crippen molar-refractivity contribution < 1.29 is 21.7 Å². The summed E-state index contributed by atoms with van der Waals surface area (Å²) in [5, 5.41) is 0. The van der Waals surface area contributed by atoms with Gasteiger partial charge in [-0.2, -0.15) is 18.2 Å². The van der Waals surface area contributed by atoms with E-state index >= 15 is 0 Å². The molecule has 74 valence electrons. The van der Waals surface area contributed by atoms with Gasteiger partial charge in [0, 0.05) is 12.3 Å². The van der Waals surface area contributed by atoms with Crippen LogP contribution in [-0.4, -0.2) is 55.2 Å². The molecule has 14 heavy (non-hydrogen) atoms. The number of hydrogen-bond acceptors (Lipinski definition) is 2. The zero-order chi connectivity index (χ0) is 8.81. The minimum absolute atomic E-state index is 0. The summed E-state index contributed by atoms with van der Waals surface area (Å²) in [7, 11) is 4.06. The number of ether oxygens (including phenoxy) is 1. The molecule has 0 fully saturated rings. The fourth-order valence-electron chi connectivity index (χ4n) is 0.813. The summed E-state index contributed by atoms with van der Waals surface area (Å²) in [4.78, 5) is 2.09. The van der Waals surface area contributed by atoms with Crippen molar-refractivity contribution in [2.75, 3.05) is 27.2 Å². The molecule has 1 aromatic carbocycles. The second kappa shape index (κ2) is 9.77. The number of rotatable bonds is 4. The topological polar surface area (TPSA) is 12.5 Å². The number of halogens is 1. The van der Waals surface area contributed by atoms with Crippen LogP contribution in [0.2, 0.25) is 0 Å². The Balaban J connectivity index is 0. The number of hydrogen-bond donors (Lipinski definition) is 0. The Kier molecular flexibility index (Phi) is 11.6. The Hall–Kier alpha value is 0.226. The molecule has 0 heterocycles. The second-order valence-corrected chi connectivity index (χ2v) is 2.89. The summed E-state index contributed by atoms with van der Waals surface area (Å²) in [5.74, 6) is 0.888. The van der Waals surface area contributed by atoms with E-state index in [0.29, 0.717) is 0 Å². The molecule has 1 rings (SSSR count). The van der Waals surface area contributed by atoms with Crippen molar-refractivity contribution in [3.8, 4) is 5.75 Å². The van der Waals surface area contributed by atoms with Gasteiger partial charge in [0.05, 0.1) is 6.61 Å². The van der Waals surface area contributed by atoms with Gasteiger partial charge in [0.2, 0.25) is 0 Å². The van der Waals surface area contributed by atoms with E-state index in [1.54, 1.807) is 0 Å². The summed E-state index contributed by atoms with van der Waals surface area (Å²) in [6.45, 7) is 1.67. The molecule has 0 atom stereocenters. The predicted molar refractivity (Wildman–Crippen MR) is 55.1 cm³/mol. The Morgan fingerprint density at radius 2 is 2.14 bits per heavy atom. The molecule has 0 N–H and O–H groups in total. The third kappa shape index (κ3) is 7.61. The van der Waals surface area contributed by atoms with Gasteiger partial charge in [-0.15, -0.1) is 12.1 Å². The van der Waals surface area contributed by atoms with Crippen LogP contribution in [0.3, 0.4) is 0 Å². The molecule has 0 aliphatic carbocycles. The van der Waals surface area contributed by atoms with Crippen LogP contribution in [-0.2, 0) is 0 Å². The molecule has 0 spiro atoms. The van der Waals surface area contributed by atoms with Crippen molar-refractivity contribution in [2.45, 2.75) is 0 Å². The van der Waals surface area contributed by atoms with Crippen molar-refractivity contribution in [3.05, 3.63) is 30.3 Å². The quantitative estimate of drug-likeness (QED) is 0.465. The van der Waals surface area contributed by atoms with Gasteiger partial charge in [-0.05, 0) is 14.1 Å². The molecule has 0 aromatic heterocycles. The van der Waals surface area contributed by atoms with E-state index in [-0.39, 0.29) is 40.0 Å². The molecular formula is C10H14BrMgNO. The first-order valence-electron chi connectivity index (χ1n) is 4.02. The summed E-state index contributed by atoms with van der Waals surface area (Å²) in [6.07, 6.45) is 0. The van der Waals surface area contributed by atoms with Crippen molar-refractivity contribution in [1.82, 2.24) is 4.90 Å². The van der Waals surface area contributed by atoms with E-state index in [9.17, 15) is 0 Å². The third-order valence-electron chi connectivity index (χ3n) is 1.49. The standard InChI is InChI=1S/C10H14NO.BrH.Mg/c1-11(2)8-9-12-10-6-4-3-5-7-10;;/h3-4,6-7H,8-9H2,1-2H3;1H;/q-1;;+2/p-1. The molecule has 0 saturated carbocycles. The van der Waals surface area contributed by atoms with Crippen molar-refractivity contribution >= 4 is 23.1 Å². The first kappa shape index (κ1) is 16.6. The monoisotopic (exact) mass is 267 g/mol. The van der Waals surface area contributed by atoms with Gasteiger partial charge in [0.25, 0.3) is 0 Å². The van der Waals surface area contributed by atoms with Crippen LogP contribution in [0.1, 0.15) is 0 Å². The van der Waals surface area contributed by atoms with E-state index < -0.39 is 0 Å². The normalized spacial score (nSPS) is 8.79. The number of likely N-dealkylation sites (N-methyl/N-ethyl adjacent to an activating group) is 1. The van der Waals surface area contributed by atoms with Gasteiger partial charge < -0.3 is 26.6 Å². The maximum Gasteiger partial charge on any atom is 2.00 e. The summed E-state index contributed by atoms with van der Waals surface area (Å²) in [5.41, 5.74) is 0. The minimum atomic E-state index is 0. The average molecular weight is 268 g/mol. The molecule has 2 nitrogen and oxygen atoms in total. The van der Waals surface area contributed by atoms with Gasteiger partial charge in [-0.25, -0.2) is 0 Å². The van der Waals surface area contributed by atoms with Gasteiger partial charge >= 0.3 is 23.1 Å². The van der Waals surface area contributed by atoms with Crippen LogP contribution in [0, 0.1) is 6.07 Å². The Morgan fingerprint density at radius 3 is 2.64 bits per heavy atom. The molecular weight excluding hydrogens is 254 g/mol. The fraction of sp³-hybridized carbons (Fsp3) is 0.400. The van der Waals surface area contributed by atoms with E-state index in [0.717, 1.165) is 18.9 Å². The second-order valence-electron chi connectivity index (χ2n) is 2.89. The average Bonchev–Trinajstić information content (AvgIpc) is 2.05. The third-order valence-corrected chi connectivity index (χ3v) is 1.49. The van der Waals surface area contributed by atoms with E-state index in [2.05, 4.69) is 11.0 Å². The summed E-state index contributed by atoms with van der Waals surface area (Å²) >= 11 is 0. The van der Waals surface area contributed by atoms with Crippen LogP contribution in [0.15, 0.2) is 24.3 Å².